The number of halogens is 2. The summed E-state index contributed by atoms with van der Waals surface area (Å²) in [7, 11) is -3.78. The highest BCUT2D eigenvalue weighted by Crippen LogP contribution is 2.29. The number of hydrogen-bond donors (Lipinski definition) is 1. The molecule has 0 spiro atoms. The van der Waals surface area contributed by atoms with Gasteiger partial charge in [-0.05, 0) is 42.0 Å². The van der Waals surface area contributed by atoms with Crippen molar-refractivity contribution < 1.29 is 17.2 Å². The lowest BCUT2D eigenvalue weighted by Gasteiger charge is -2.09. The lowest BCUT2D eigenvalue weighted by atomic mass is 10.1. The molecule has 0 aliphatic carbocycles. The van der Waals surface area contributed by atoms with Gasteiger partial charge in [0, 0.05) is 29.6 Å². The van der Waals surface area contributed by atoms with Gasteiger partial charge in [0.05, 0.1) is 9.79 Å². The highest BCUT2D eigenvalue weighted by molar-refractivity contribution is 7.91. The van der Waals surface area contributed by atoms with E-state index in [1.165, 1.54) is 36.4 Å². The molecule has 4 nitrogen and oxygen atoms in total. The van der Waals surface area contributed by atoms with Gasteiger partial charge in [-0.15, -0.1) is 0 Å². The molecule has 0 radical (unpaired) electrons. The van der Waals surface area contributed by atoms with Crippen LogP contribution in [0.25, 0.3) is 23.5 Å². The SMILES string of the molecule is O=S(=O)(c1ccc(C=Cc2ccc(F)cc2F)cc1)c1ccccc1-c1ncc[nH]1. The van der Waals surface area contributed by atoms with Crippen molar-refractivity contribution >= 4 is 22.0 Å². The van der Waals surface area contributed by atoms with Crippen LogP contribution in [0.4, 0.5) is 8.78 Å². The van der Waals surface area contributed by atoms with Gasteiger partial charge < -0.3 is 4.98 Å². The van der Waals surface area contributed by atoms with Crippen molar-refractivity contribution in [2.45, 2.75) is 9.79 Å². The fraction of sp³-hybridized carbons (Fsp3) is 0. The molecule has 0 amide bonds. The summed E-state index contributed by atoms with van der Waals surface area (Å²) in [5.41, 5.74) is 1.40. The largest absolute Gasteiger partial charge is 0.345 e. The van der Waals surface area contributed by atoms with E-state index < -0.39 is 21.5 Å². The monoisotopic (exact) mass is 422 g/mol. The van der Waals surface area contributed by atoms with Gasteiger partial charge in [0.25, 0.3) is 0 Å². The molecule has 4 rings (SSSR count). The third-order valence-corrected chi connectivity index (χ3v) is 6.37. The number of benzene rings is 3. The van der Waals surface area contributed by atoms with E-state index in [-0.39, 0.29) is 15.4 Å². The first-order valence-electron chi connectivity index (χ1n) is 9.02. The molecule has 150 valence electrons. The van der Waals surface area contributed by atoms with Gasteiger partial charge in [0.2, 0.25) is 9.84 Å². The average molecular weight is 422 g/mol. The topological polar surface area (TPSA) is 62.8 Å². The molecule has 0 bridgehead atoms. The molecule has 1 N–H and O–H groups in total. The van der Waals surface area contributed by atoms with Gasteiger partial charge in [-0.2, -0.15) is 0 Å². The number of nitrogens with one attached hydrogen (secondary N) is 1. The normalized spacial score (nSPS) is 11.8. The minimum Gasteiger partial charge on any atom is -0.345 e. The first-order valence-corrected chi connectivity index (χ1v) is 10.5. The van der Waals surface area contributed by atoms with Crippen LogP contribution in [0.1, 0.15) is 11.1 Å². The maximum atomic E-state index is 13.7. The van der Waals surface area contributed by atoms with Gasteiger partial charge in [-0.1, -0.05) is 36.4 Å². The highest BCUT2D eigenvalue weighted by atomic mass is 32.2. The van der Waals surface area contributed by atoms with E-state index in [2.05, 4.69) is 9.97 Å². The average Bonchev–Trinajstić information content (AvgIpc) is 3.28. The van der Waals surface area contributed by atoms with E-state index in [9.17, 15) is 17.2 Å². The van der Waals surface area contributed by atoms with E-state index in [0.717, 1.165) is 6.07 Å². The molecule has 0 aliphatic rings. The number of nitrogens with zero attached hydrogens (tertiary/aromatic N) is 1. The van der Waals surface area contributed by atoms with Crippen LogP contribution in [-0.2, 0) is 9.84 Å². The Morgan fingerprint density at radius 1 is 0.900 bits per heavy atom. The summed E-state index contributed by atoms with van der Waals surface area (Å²) >= 11 is 0. The Kier molecular flexibility index (Phi) is 5.29. The Hall–Kier alpha value is -3.58. The highest BCUT2D eigenvalue weighted by Gasteiger charge is 2.22. The quantitative estimate of drug-likeness (QED) is 0.441. The lowest BCUT2D eigenvalue weighted by Crippen LogP contribution is -2.04. The van der Waals surface area contributed by atoms with E-state index in [1.807, 2.05) is 0 Å². The van der Waals surface area contributed by atoms with Crippen molar-refractivity contribution in [1.82, 2.24) is 9.97 Å². The standard InChI is InChI=1S/C23H16F2N2O2S/c24-18-10-9-17(21(25)15-18)8-5-16-6-11-19(12-7-16)30(28,29)22-4-2-1-3-20(22)23-26-13-14-27-23/h1-15H,(H,26,27). The van der Waals surface area contributed by atoms with Crippen molar-refractivity contribution in [2.24, 2.45) is 0 Å². The van der Waals surface area contributed by atoms with Gasteiger partial charge >= 0.3 is 0 Å². The Balaban J connectivity index is 1.64. The zero-order valence-electron chi connectivity index (χ0n) is 15.6. The van der Waals surface area contributed by atoms with Crippen LogP contribution in [-0.4, -0.2) is 18.4 Å². The van der Waals surface area contributed by atoms with E-state index >= 15 is 0 Å². The second-order valence-corrected chi connectivity index (χ2v) is 8.42. The van der Waals surface area contributed by atoms with Crippen LogP contribution < -0.4 is 0 Å². The van der Waals surface area contributed by atoms with Crippen molar-refractivity contribution in [3.05, 3.63) is 102 Å². The number of imidazole rings is 1. The van der Waals surface area contributed by atoms with Crippen molar-refractivity contribution in [3.63, 3.8) is 0 Å². The first-order chi connectivity index (χ1) is 14.4. The smallest absolute Gasteiger partial charge is 0.207 e. The Bertz CT molecular complexity index is 1310. The van der Waals surface area contributed by atoms with Crippen LogP contribution in [0, 0.1) is 11.6 Å². The minimum absolute atomic E-state index is 0.131. The zero-order valence-corrected chi connectivity index (χ0v) is 16.4. The molecular formula is C23H16F2N2O2S. The number of H-pyrrole nitrogens is 1. The summed E-state index contributed by atoms with van der Waals surface area (Å²) in [5.74, 6) is -0.843. The van der Waals surface area contributed by atoms with Crippen LogP contribution in [0.5, 0.6) is 0 Å². The summed E-state index contributed by atoms with van der Waals surface area (Å²) in [6.07, 6.45) is 6.32. The summed E-state index contributed by atoms with van der Waals surface area (Å²) < 4.78 is 53.1. The van der Waals surface area contributed by atoms with Gasteiger partial charge in [0.15, 0.2) is 0 Å². The van der Waals surface area contributed by atoms with E-state index in [0.29, 0.717) is 17.0 Å². The molecule has 0 fully saturated rings. The number of rotatable bonds is 5. The van der Waals surface area contributed by atoms with E-state index in [1.54, 1.807) is 48.8 Å². The molecule has 0 saturated carbocycles. The Morgan fingerprint density at radius 2 is 1.67 bits per heavy atom. The predicted octanol–water partition coefficient (Wildman–Crippen LogP) is 5.36. The van der Waals surface area contributed by atoms with Crippen LogP contribution in [0.2, 0.25) is 0 Å². The number of aromatic nitrogens is 2. The molecule has 3 aromatic carbocycles. The van der Waals surface area contributed by atoms with Gasteiger partial charge in [0.1, 0.15) is 17.5 Å². The second kappa shape index (κ2) is 8.04. The Labute approximate surface area is 172 Å². The van der Waals surface area contributed by atoms with Crippen molar-refractivity contribution in [3.8, 4) is 11.4 Å². The maximum absolute atomic E-state index is 13.7. The summed E-state index contributed by atoms with van der Waals surface area (Å²) in [4.78, 5) is 7.36. The fourth-order valence-corrected chi connectivity index (χ4v) is 4.48. The van der Waals surface area contributed by atoms with Crippen LogP contribution >= 0.6 is 0 Å². The van der Waals surface area contributed by atoms with Crippen LogP contribution in [0.15, 0.2) is 88.9 Å². The maximum Gasteiger partial charge on any atom is 0.207 e. The number of sulfone groups is 1. The van der Waals surface area contributed by atoms with Crippen LogP contribution in [0.3, 0.4) is 0 Å². The zero-order chi connectivity index (χ0) is 21.1. The molecule has 0 saturated heterocycles. The second-order valence-electron chi connectivity index (χ2n) is 6.51. The van der Waals surface area contributed by atoms with Crippen molar-refractivity contribution in [2.75, 3.05) is 0 Å². The summed E-state index contributed by atoms with van der Waals surface area (Å²) in [6, 6.07) is 16.2. The number of hydrogen-bond acceptors (Lipinski definition) is 3. The molecule has 0 aliphatic heterocycles. The number of aromatic amines is 1. The third kappa shape index (κ3) is 3.92. The first kappa shape index (κ1) is 19.7. The molecule has 0 unspecified atom stereocenters. The fourth-order valence-electron chi connectivity index (χ4n) is 3.02. The van der Waals surface area contributed by atoms with Crippen molar-refractivity contribution in [1.29, 1.82) is 0 Å². The molecule has 1 heterocycles. The minimum atomic E-state index is -3.78. The Morgan fingerprint density at radius 3 is 2.37 bits per heavy atom. The predicted molar refractivity (Wildman–Crippen MR) is 111 cm³/mol. The van der Waals surface area contributed by atoms with Gasteiger partial charge in [-0.3, -0.25) is 0 Å². The molecule has 0 atom stereocenters. The molecular weight excluding hydrogens is 406 g/mol. The molecule has 1 aromatic heterocycles. The summed E-state index contributed by atoms with van der Waals surface area (Å²) in [6.45, 7) is 0. The lowest BCUT2D eigenvalue weighted by molar-refractivity contribution is 0.581. The molecule has 7 heteroatoms. The summed E-state index contributed by atoms with van der Waals surface area (Å²) in [5, 5.41) is 0. The van der Waals surface area contributed by atoms with E-state index in [4.69, 9.17) is 0 Å². The third-order valence-electron chi connectivity index (χ3n) is 4.54. The molecule has 30 heavy (non-hydrogen) atoms. The van der Waals surface area contributed by atoms with Gasteiger partial charge in [-0.25, -0.2) is 22.2 Å². The molecule has 4 aromatic rings.